The predicted molar refractivity (Wildman–Crippen MR) is 117 cm³/mol. The number of halogens is 1. The van der Waals surface area contributed by atoms with Gasteiger partial charge in [0.05, 0.1) is 7.11 Å². The Morgan fingerprint density at radius 1 is 1.03 bits per heavy atom. The zero-order chi connectivity index (χ0) is 20.7. The van der Waals surface area contributed by atoms with Gasteiger partial charge in [0.1, 0.15) is 21.8 Å². The molecule has 3 heterocycles. The second-order valence-electron chi connectivity index (χ2n) is 6.48. The maximum atomic E-state index is 12.8. The number of rotatable bonds is 4. The van der Waals surface area contributed by atoms with Crippen LogP contribution >= 0.6 is 22.9 Å². The van der Waals surface area contributed by atoms with E-state index in [1.54, 1.807) is 25.3 Å². The maximum Gasteiger partial charge on any atom is 0.291 e. The molecule has 0 aliphatic carbocycles. The molecule has 0 atom stereocenters. The topological polar surface area (TPSA) is 69.6 Å². The highest BCUT2D eigenvalue weighted by atomic mass is 35.5. The van der Waals surface area contributed by atoms with E-state index in [4.69, 9.17) is 20.8 Å². The van der Waals surface area contributed by atoms with Crippen LogP contribution in [0.1, 0.15) is 5.76 Å². The molecule has 6 nitrogen and oxygen atoms in total. The Bertz CT molecular complexity index is 1450. The lowest BCUT2D eigenvalue weighted by Gasteiger charge is -1.99. The van der Waals surface area contributed by atoms with Gasteiger partial charge in [-0.25, -0.2) is 0 Å². The average molecular weight is 436 g/mol. The van der Waals surface area contributed by atoms with Gasteiger partial charge >= 0.3 is 0 Å². The highest BCUT2D eigenvalue weighted by Gasteiger charge is 2.13. The molecule has 148 valence electrons. The summed E-state index contributed by atoms with van der Waals surface area (Å²) in [7, 11) is 1.61. The van der Waals surface area contributed by atoms with Crippen LogP contribution in [0.25, 0.3) is 33.7 Å². The molecular formula is C22H14ClN3O3S. The van der Waals surface area contributed by atoms with E-state index in [-0.39, 0.29) is 5.56 Å². The fourth-order valence-corrected chi connectivity index (χ4v) is 4.04. The number of thiazole rings is 1. The molecule has 0 saturated carbocycles. The Hall–Kier alpha value is -3.42. The molecule has 30 heavy (non-hydrogen) atoms. The molecule has 0 spiro atoms. The van der Waals surface area contributed by atoms with Gasteiger partial charge in [-0.2, -0.15) is 9.50 Å². The first-order valence-corrected chi connectivity index (χ1v) is 10.2. The van der Waals surface area contributed by atoms with Crippen LogP contribution < -0.4 is 14.8 Å². The highest BCUT2D eigenvalue weighted by molar-refractivity contribution is 7.15. The fourth-order valence-electron chi connectivity index (χ4n) is 3.03. The van der Waals surface area contributed by atoms with Crippen molar-refractivity contribution in [3.05, 3.63) is 86.3 Å². The summed E-state index contributed by atoms with van der Waals surface area (Å²) in [4.78, 5) is 17.8. The highest BCUT2D eigenvalue weighted by Crippen LogP contribution is 2.24. The Labute approximate surface area is 179 Å². The number of methoxy groups -OCH3 is 1. The molecule has 0 aliphatic rings. The van der Waals surface area contributed by atoms with Gasteiger partial charge in [-0.15, -0.1) is 5.10 Å². The number of furan rings is 1. The fraction of sp³-hybridized carbons (Fsp3) is 0.0455. The SMILES string of the molecule is COc1ccc(-c2nc3s/c(=C\c4ccc(-c5ccc(Cl)cc5)o4)c(=O)n3n2)cc1. The Morgan fingerprint density at radius 2 is 1.77 bits per heavy atom. The average Bonchev–Trinajstić information content (AvgIpc) is 3.47. The zero-order valence-electron chi connectivity index (χ0n) is 15.7. The second-order valence-corrected chi connectivity index (χ2v) is 7.93. The number of hydrogen-bond acceptors (Lipinski definition) is 6. The molecule has 0 N–H and O–H groups in total. The molecule has 5 aromatic rings. The summed E-state index contributed by atoms with van der Waals surface area (Å²) in [5.41, 5.74) is 1.50. The van der Waals surface area contributed by atoms with Gasteiger partial charge in [0, 0.05) is 22.2 Å². The molecule has 0 bridgehead atoms. The molecular weight excluding hydrogens is 422 g/mol. The first-order chi connectivity index (χ1) is 14.6. The quantitative estimate of drug-likeness (QED) is 0.421. The number of ether oxygens (including phenoxy) is 1. The summed E-state index contributed by atoms with van der Waals surface area (Å²) in [5, 5.41) is 5.02. The van der Waals surface area contributed by atoms with Gasteiger partial charge in [-0.3, -0.25) is 4.79 Å². The van der Waals surface area contributed by atoms with Crippen LogP contribution in [-0.4, -0.2) is 21.7 Å². The third-order valence-electron chi connectivity index (χ3n) is 4.56. The van der Waals surface area contributed by atoms with Crippen LogP contribution in [0.3, 0.4) is 0 Å². The van der Waals surface area contributed by atoms with Crippen LogP contribution in [0.5, 0.6) is 5.75 Å². The van der Waals surface area contributed by atoms with E-state index in [9.17, 15) is 4.79 Å². The first kappa shape index (κ1) is 18.6. The third-order valence-corrected chi connectivity index (χ3v) is 5.77. The molecule has 2 aromatic carbocycles. The van der Waals surface area contributed by atoms with Crippen LogP contribution in [-0.2, 0) is 0 Å². The number of hydrogen-bond donors (Lipinski definition) is 0. The Kier molecular flexibility index (Phi) is 4.61. The van der Waals surface area contributed by atoms with Crippen molar-refractivity contribution in [3.63, 3.8) is 0 Å². The van der Waals surface area contributed by atoms with E-state index < -0.39 is 0 Å². The summed E-state index contributed by atoms with van der Waals surface area (Å²) in [6.07, 6.45) is 1.70. The molecule has 0 fully saturated rings. The molecule has 8 heteroatoms. The largest absolute Gasteiger partial charge is 0.497 e. The van der Waals surface area contributed by atoms with Gasteiger partial charge in [-0.05, 0) is 60.7 Å². The summed E-state index contributed by atoms with van der Waals surface area (Å²) >= 11 is 7.20. The van der Waals surface area contributed by atoms with E-state index in [1.165, 1.54) is 15.9 Å². The molecule has 0 radical (unpaired) electrons. The normalized spacial score (nSPS) is 12.0. The molecule has 3 aromatic heterocycles. The van der Waals surface area contributed by atoms with Crippen molar-refractivity contribution >= 4 is 34.0 Å². The van der Waals surface area contributed by atoms with Crippen molar-refractivity contribution in [3.8, 4) is 28.5 Å². The second kappa shape index (κ2) is 7.44. The summed E-state index contributed by atoms with van der Waals surface area (Å²) < 4.78 is 12.8. The van der Waals surface area contributed by atoms with Gasteiger partial charge in [0.25, 0.3) is 5.56 Å². The van der Waals surface area contributed by atoms with E-state index in [1.807, 2.05) is 48.5 Å². The summed E-state index contributed by atoms with van der Waals surface area (Å²) in [5.74, 6) is 2.52. The Morgan fingerprint density at radius 3 is 2.47 bits per heavy atom. The van der Waals surface area contributed by atoms with Crippen LogP contribution in [0.4, 0.5) is 0 Å². The molecule has 0 unspecified atom stereocenters. The molecule has 0 saturated heterocycles. The van der Waals surface area contributed by atoms with E-state index in [2.05, 4.69) is 10.1 Å². The minimum Gasteiger partial charge on any atom is -0.497 e. The number of nitrogens with zero attached hydrogens (tertiary/aromatic N) is 3. The van der Waals surface area contributed by atoms with Crippen molar-refractivity contribution in [2.45, 2.75) is 0 Å². The lowest BCUT2D eigenvalue weighted by Crippen LogP contribution is -2.23. The lowest BCUT2D eigenvalue weighted by molar-refractivity contribution is 0.415. The zero-order valence-corrected chi connectivity index (χ0v) is 17.3. The maximum absolute atomic E-state index is 12.8. The van der Waals surface area contributed by atoms with Crippen LogP contribution in [0.2, 0.25) is 5.02 Å². The van der Waals surface area contributed by atoms with Crippen molar-refractivity contribution in [2.75, 3.05) is 7.11 Å². The minimum atomic E-state index is -0.230. The van der Waals surface area contributed by atoms with Gasteiger partial charge in [-0.1, -0.05) is 22.9 Å². The van der Waals surface area contributed by atoms with Gasteiger partial charge in [0.2, 0.25) is 4.96 Å². The van der Waals surface area contributed by atoms with E-state index in [0.29, 0.717) is 31.9 Å². The van der Waals surface area contributed by atoms with Crippen molar-refractivity contribution in [2.24, 2.45) is 0 Å². The van der Waals surface area contributed by atoms with Crippen molar-refractivity contribution < 1.29 is 9.15 Å². The monoisotopic (exact) mass is 435 g/mol. The van der Waals surface area contributed by atoms with Crippen LogP contribution in [0.15, 0.2) is 69.9 Å². The van der Waals surface area contributed by atoms with Gasteiger partial charge < -0.3 is 9.15 Å². The lowest BCUT2D eigenvalue weighted by atomic mass is 10.2. The Balaban J connectivity index is 1.48. The standard InChI is InChI=1S/C22H14ClN3O3S/c1-28-16-8-4-14(5-9-16)20-24-22-26(25-20)21(27)19(30-22)12-17-10-11-18(29-17)13-2-6-15(23)7-3-13/h2-12H,1H3/b19-12-. The van der Waals surface area contributed by atoms with Crippen molar-refractivity contribution in [1.82, 2.24) is 14.6 Å². The summed E-state index contributed by atoms with van der Waals surface area (Å²) in [6.45, 7) is 0. The molecule has 5 rings (SSSR count). The van der Waals surface area contributed by atoms with E-state index in [0.717, 1.165) is 16.9 Å². The number of fused-ring (bicyclic) bond motifs is 1. The summed E-state index contributed by atoms with van der Waals surface area (Å²) in [6, 6.07) is 18.4. The first-order valence-electron chi connectivity index (χ1n) is 9.02. The number of benzene rings is 2. The molecule has 0 amide bonds. The van der Waals surface area contributed by atoms with Crippen molar-refractivity contribution in [1.29, 1.82) is 0 Å². The molecule has 0 aliphatic heterocycles. The van der Waals surface area contributed by atoms with Gasteiger partial charge in [0.15, 0.2) is 5.82 Å². The smallest absolute Gasteiger partial charge is 0.291 e. The van der Waals surface area contributed by atoms with Crippen LogP contribution in [0, 0.1) is 0 Å². The number of aromatic nitrogens is 3. The minimum absolute atomic E-state index is 0.230. The third kappa shape index (κ3) is 3.38. The van der Waals surface area contributed by atoms with E-state index >= 15 is 0 Å². The predicted octanol–water partition coefficient (Wildman–Crippen LogP) is 4.29.